The highest BCUT2D eigenvalue weighted by Gasteiger charge is 2.93. The van der Waals surface area contributed by atoms with E-state index in [1.54, 1.807) is 0 Å². The molecule has 37 heavy (non-hydrogen) atoms. The molecule has 1 aromatic rings. The van der Waals surface area contributed by atoms with Crippen molar-refractivity contribution in [3.8, 4) is 0 Å². The van der Waals surface area contributed by atoms with Crippen molar-refractivity contribution in [2.75, 3.05) is 14.2 Å². The lowest BCUT2D eigenvalue weighted by atomic mass is 9.82. The van der Waals surface area contributed by atoms with E-state index in [-0.39, 0.29) is 0 Å². The summed E-state index contributed by atoms with van der Waals surface area (Å²) in [4.78, 5) is 11.9. The van der Waals surface area contributed by atoms with Gasteiger partial charge in [0.25, 0.3) is 0 Å². The van der Waals surface area contributed by atoms with Gasteiger partial charge in [0, 0.05) is 7.11 Å². The van der Waals surface area contributed by atoms with Crippen molar-refractivity contribution in [2.24, 2.45) is 0 Å². The van der Waals surface area contributed by atoms with Crippen LogP contribution < -0.4 is 0 Å². The smallest absolute Gasteiger partial charge is 0.460 e. The number of benzene rings is 1. The largest absolute Gasteiger partial charge is 0.465 e. The zero-order valence-corrected chi connectivity index (χ0v) is 18.4. The lowest BCUT2D eigenvalue weighted by Crippen LogP contribution is -2.72. The summed E-state index contributed by atoms with van der Waals surface area (Å²) in [6.45, 7) is 0.446. The van der Waals surface area contributed by atoms with Crippen LogP contribution in [0, 0.1) is 0 Å². The maximum atomic E-state index is 14.5. The number of halogens is 15. The molecule has 0 radical (unpaired) electrons. The van der Waals surface area contributed by atoms with Crippen molar-refractivity contribution in [3.05, 3.63) is 35.4 Å². The van der Waals surface area contributed by atoms with Gasteiger partial charge in [0.05, 0.1) is 24.7 Å². The highest BCUT2D eigenvalue weighted by atomic mass is 19.4. The second-order valence-corrected chi connectivity index (χ2v) is 7.72. The second-order valence-electron chi connectivity index (χ2n) is 7.72. The van der Waals surface area contributed by atoms with Crippen molar-refractivity contribution in [1.29, 1.82) is 0 Å². The van der Waals surface area contributed by atoms with Crippen LogP contribution in [0.1, 0.15) is 29.3 Å². The SMILES string of the molecule is COC(=O)c1ccccc1C(C)(CC(F)(F)C(F)(F)C(F)(F)C(F)(F)C(F)(F)C(F)(F)C(F)(F)F)OC. The van der Waals surface area contributed by atoms with Gasteiger partial charge in [-0.1, -0.05) is 18.2 Å². The van der Waals surface area contributed by atoms with Crippen LogP contribution in [0.4, 0.5) is 65.9 Å². The number of esters is 1. The van der Waals surface area contributed by atoms with Gasteiger partial charge in [0.2, 0.25) is 0 Å². The molecule has 0 spiro atoms. The molecule has 0 aromatic heterocycles. The number of carbonyl (C=O) groups excluding carboxylic acids is 1. The van der Waals surface area contributed by atoms with E-state index in [0.29, 0.717) is 14.0 Å². The Morgan fingerprint density at radius 1 is 0.676 bits per heavy atom. The van der Waals surface area contributed by atoms with E-state index >= 15 is 0 Å². The number of methoxy groups -OCH3 is 2. The van der Waals surface area contributed by atoms with E-state index < -0.39 is 70.8 Å². The van der Waals surface area contributed by atoms with Crippen LogP contribution in [0.25, 0.3) is 0 Å². The molecular weight excluding hydrogens is 561 g/mol. The Morgan fingerprint density at radius 3 is 1.49 bits per heavy atom. The summed E-state index contributed by atoms with van der Waals surface area (Å²) in [5.74, 6) is -48.6. The molecule has 0 N–H and O–H groups in total. The zero-order valence-electron chi connectivity index (χ0n) is 18.4. The van der Waals surface area contributed by atoms with Gasteiger partial charge in [-0.3, -0.25) is 0 Å². The summed E-state index contributed by atoms with van der Waals surface area (Å²) < 4.78 is 211. The Bertz CT molecular complexity index is 987. The molecule has 18 heteroatoms. The van der Waals surface area contributed by atoms with Gasteiger partial charge in [-0.2, -0.15) is 65.9 Å². The summed E-state index contributed by atoms with van der Waals surface area (Å²) in [5.41, 5.74) is -4.47. The highest BCUT2D eigenvalue weighted by molar-refractivity contribution is 5.91. The van der Waals surface area contributed by atoms with E-state index in [1.165, 1.54) is 0 Å². The predicted octanol–water partition coefficient (Wildman–Crippen LogP) is 7.10. The Kier molecular flexibility index (Phi) is 8.30. The van der Waals surface area contributed by atoms with E-state index in [9.17, 15) is 70.7 Å². The normalized spacial score (nSPS) is 16.4. The first-order valence-electron chi connectivity index (χ1n) is 9.30. The molecule has 1 atom stereocenters. The Labute approximate surface area is 197 Å². The van der Waals surface area contributed by atoms with Crippen LogP contribution in [0.2, 0.25) is 0 Å². The molecule has 0 bridgehead atoms. The van der Waals surface area contributed by atoms with Crippen LogP contribution in [0.5, 0.6) is 0 Å². The molecule has 1 rings (SSSR count). The number of alkyl halides is 15. The summed E-state index contributed by atoms with van der Waals surface area (Å²) in [5, 5.41) is 0. The van der Waals surface area contributed by atoms with Crippen molar-refractivity contribution in [2.45, 2.75) is 60.7 Å². The third-order valence-corrected chi connectivity index (χ3v) is 5.30. The van der Waals surface area contributed by atoms with E-state index in [0.717, 1.165) is 31.4 Å². The van der Waals surface area contributed by atoms with E-state index in [4.69, 9.17) is 0 Å². The number of hydrogen-bond acceptors (Lipinski definition) is 3. The molecule has 0 fully saturated rings. The second kappa shape index (κ2) is 9.41. The fourth-order valence-electron chi connectivity index (χ4n) is 3.04. The fraction of sp³-hybridized carbons (Fsp3) is 0.632. The molecule has 214 valence electrons. The number of ether oxygens (including phenoxy) is 2. The quantitative estimate of drug-likeness (QED) is 0.220. The molecular formula is C19H15F15O3. The van der Waals surface area contributed by atoms with Crippen LogP contribution in [-0.2, 0) is 15.1 Å². The molecule has 0 saturated heterocycles. The van der Waals surface area contributed by atoms with Gasteiger partial charge in [-0.05, 0) is 18.6 Å². The van der Waals surface area contributed by atoms with Gasteiger partial charge in [-0.25, -0.2) is 4.79 Å². The van der Waals surface area contributed by atoms with Crippen LogP contribution in [-0.4, -0.2) is 61.9 Å². The van der Waals surface area contributed by atoms with Gasteiger partial charge in [0.1, 0.15) is 0 Å². The average Bonchev–Trinajstić information content (AvgIpc) is 2.76. The number of carbonyl (C=O) groups is 1. The summed E-state index contributed by atoms with van der Waals surface area (Å²) in [6, 6.07) is 3.65. The average molecular weight is 576 g/mol. The lowest BCUT2D eigenvalue weighted by molar-refractivity contribution is -0.453. The van der Waals surface area contributed by atoms with E-state index in [1.807, 2.05) is 0 Å². The monoisotopic (exact) mass is 576 g/mol. The van der Waals surface area contributed by atoms with Crippen molar-refractivity contribution in [3.63, 3.8) is 0 Å². The van der Waals surface area contributed by atoms with Crippen molar-refractivity contribution >= 4 is 5.97 Å². The molecule has 0 aliphatic carbocycles. The molecule has 0 heterocycles. The van der Waals surface area contributed by atoms with Crippen molar-refractivity contribution in [1.82, 2.24) is 0 Å². The first-order valence-corrected chi connectivity index (χ1v) is 9.30. The van der Waals surface area contributed by atoms with Crippen LogP contribution in [0.15, 0.2) is 24.3 Å². The summed E-state index contributed by atoms with van der Waals surface area (Å²) in [6.07, 6.45) is -10.5. The first kappa shape index (κ1) is 32.6. The topological polar surface area (TPSA) is 35.5 Å². The highest BCUT2D eigenvalue weighted by Crippen LogP contribution is 2.63. The summed E-state index contributed by atoms with van der Waals surface area (Å²) in [7, 11) is 1.26. The molecule has 3 nitrogen and oxygen atoms in total. The number of hydrogen-bond donors (Lipinski definition) is 0. The number of rotatable bonds is 10. The molecule has 1 unspecified atom stereocenters. The summed E-state index contributed by atoms with van der Waals surface area (Å²) >= 11 is 0. The fourth-order valence-corrected chi connectivity index (χ4v) is 3.04. The third kappa shape index (κ3) is 4.80. The van der Waals surface area contributed by atoms with Gasteiger partial charge < -0.3 is 9.47 Å². The maximum Gasteiger partial charge on any atom is 0.460 e. The van der Waals surface area contributed by atoms with Crippen LogP contribution in [0.3, 0.4) is 0 Å². The molecule has 0 aliphatic rings. The lowest BCUT2D eigenvalue weighted by Gasteiger charge is -2.43. The zero-order chi connectivity index (χ0) is 29.7. The minimum Gasteiger partial charge on any atom is -0.465 e. The Hall–Kier alpha value is -2.40. The maximum absolute atomic E-state index is 14.5. The third-order valence-electron chi connectivity index (χ3n) is 5.30. The Morgan fingerprint density at radius 2 is 1.08 bits per heavy atom. The van der Waals surface area contributed by atoms with Gasteiger partial charge >= 0.3 is 47.7 Å². The predicted molar refractivity (Wildman–Crippen MR) is 92.5 cm³/mol. The molecule has 0 saturated carbocycles. The minimum absolute atomic E-state index is 0.446. The van der Waals surface area contributed by atoms with Crippen LogP contribution >= 0.6 is 0 Å². The molecule has 0 amide bonds. The molecule has 0 aliphatic heterocycles. The Balaban J connectivity index is 3.69. The van der Waals surface area contributed by atoms with Gasteiger partial charge in [-0.15, -0.1) is 0 Å². The first-order chi connectivity index (χ1) is 16.2. The molecule has 1 aromatic carbocycles. The van der Waals surface area contributed by atoms with Crippen molar-refractivity contribution < 1.29 is 80.1 Å². The standard InChI is InChI=1S/C19H15F15O3/c1-12(37-3,10-7-5-4-6-9(10)11(35)36-2)8-13(20,21)14(22,23)15(24,25)16(26,27)17(28,29)18(30,31)19(32,33)34/h4-7H,8H2,1-3H3. The minimum atomic E-state index is -8.39. The van der Waals surface area contributed by atoms with E-state index in [2.05, 4.69) is 9.47 Å². The van der Waals surface area contributed by atoms with Gasteiger partial charge in [0.15, 0.2) is 0 Å².